The molecule has 31 heavy (non-hydrogen) atoms. The van der Waals surface area contributed by atoms with Gasteiger partial charge >= 0.3 is 5.97 Å². The van der Waals surface area contributed by atoms with Crippen molar-refractivity contribution in [3.05, 3.63) is 71.7 Å². The summed E-state index contributed by atoms with van der Waals surface area (Å²) in [6, 6.07) is 14.8. The van der Waals surface area contributed by atoms with Crippen molar-refractivity contribution in [3.8, 4) is 16.9 Å². The van der Waals surface area contributed by atoms with Crippen molar-refractivity contribution in [2.75, 3.05) is 12.9 Å². The molecule has 2 aromatic carbocycles. The molecular weight excluding hydrogens is 417 g/mol. The zero-order valence-corrected chi connectivity index (χ0v) is 18.9. The maximum Gasteiger partial charge on any atom is 0.308 e. The standard InChI is InChI=1S/C24H26FNO4S/c1-16(2)24(27)30-14-13-19-15-23(18-5-11-22(12-6-18)31(4,28)29)26(17(19)3)21-9-7-20(25)8-10-21/h5-12,15-16H,13-14H2,1-4H3. The molecular formula is C24H26FNO4S. The molecule has 0 saturated carbocycles. The molecule has 0 unspecified atom stereocenters. The van der Waals surface area contributed by atoms with Gasteiger partial charge in [-0.3, -0.25) is 4.79 Å². The van der Waals surface area contributed by atoms with Crippen LogP contribution < -0.4 is 0 Å². The lowest BCUT2D eigenvalue weighted by atomic mass is 10.1. The van der Waals surface area contributed by atoms with Crippen LogP contribution >= 0.6 is 0 Å². The van der Waals surface area contributed by atoms with Crippen LogP contribution in [-0.2, 0) is 25.8 Å². The second-order valence-electron chi connectivity index (χ2n) is 7.82. The number of carbonyl (C=O) groups is 1. The van der Waals surface area contributed by atoms with E-state index in [9.17, 15) is 17.6 Å². The van der Waals surface area contributed by atoms with Gasteiger partial charge in [-0.2, -0.15) is 0 Å². The summed E-state index contributed by atoms with van der Waals surface area (Å²) in [5, 5.41) is 0. The topological polar surface area (TPSA) is 65.4 Å². The number of nitrogens with zero attached hydrogens (tertiary/aromatic N) is 1. The van der Waals surface area contributed by atoms with E-state index in [4.69, 9.17) is 4.74 Å². The lowest BCUT2D eigenvalue weighted by Crippen LogP contribution is -2.13. The molecule has 0 aliphatic rings. The highest BCUT2D eigenvalue weighted by molar-refractivity contribution is 7.90. The Balaban J connectivity index is 2.02. The van der Waals surface area contributed by atoms with E-state index < -0.39 is 9.84 Å². The van der Waals surface area contributed by atoms with Gasteiger partial charge in [-0.1, -0.05) is 26.0 Å². The summed E-state index contributed by atoms with van der Waals surface area (Å²) in [5.74, 6) is -0.755. The fourth-order valence-corrected chi connectivity index (χ4v) is 3.98. The second-order valence-corrected chi connectivity index (χ2v) is 9.84. The number of ether oxygens (including phenoxy) is 1. The Bertz CT molecular complexity index is 1180. The molecule has 1 aromatic heterocycles. The number of halogens is 1. The van der Waals surface area contributed by atoms with Crippen LogP contribution in [0.4, 0.5) is 4.39 Å². The van der Waals surface area contributed by atoms with Crippen LogP contribution in [0.2, 0.25) is 0 Å². The van der Waals surface area contributed by atoms with Crippen LogP contribution in [0.5, 0.6) is 0 Å². The fraction of sp³-hybridized carbons (Fsp3) is 0.292. The second kappa shape index (κ2) is 9.06. The quantitative estimate of drug-likeness (QED) is 0.495. The van der Waals surface area contributed by atoms with Crippen LogP contribution in [0.3, 0.4) is 0 Å². The summed E-state index contributed by atoms with van der Waals surface area (Å²) in [4.78, 5) is 12.0. The first-order valence-corrected chi connectivity index (χ1v) is 11.9. The lowest BCUT2D eigenvalue weighted by Gasteiger charge is -2.13. The van der Waals surface area contributed by atoms with Gasteiger partial charge in [0.1, 0.15) is 5.82 Å². The summed E-state index contributed by atoms with van der Waals surface area (Å²) >= 11 is 0. The van der Waals surface area contributed by atoms with Gasteiger partial charge in [0.05, 0.1) is 23.1 Å². The summed E-state index contributed by atoms with van der Waals surface area (Å²) < 4.78 is 44.4. The third-order valence-corrected chi connectivity index (χ3v) is 6.23. The van der Waals surface area contributed by atoms with Crippen molar-refractivity contribution < 1.29 is 22.3 Å². The Kier molecular flexibility index (Phi) is 6.65. The average molecular weight is 444 g/mol. The lowest BCUT2D eigenvalue weighted by molar-refractivity contribution is -0.147. The van der Waals surface area contributed by atoms with Crippen LogP contribution in [0.15, 0.2) is 59.5 Å². The number of rotatable bonds is 7. The Morgan fingerprint density at radius 3 is 2.23 bits per heavy atom. The molecule has 0 spiro atoms. The largest absolute Gasteiger partial charge is 0.465 e. The van der Waals surface area contributed by atoms with Gasteiger partial charge in [0.25, 0.3) is 0 Å². The monoisotopic (exact) mass is 443 g/mol. The highest BCUT2D eigenvalue weighted by Gasteiger charge is 2.17. The molecule has 0 aliphatic heterocycles. The minimum atomic E-state index is -3.30. The van der Waals surface area contributed by atoms with E-state index in [-0.39, 0.29) is 29.2 Å². The van der Waals surface area contributed by atoms with Crippen LogP contribution in [0, 0.1) is 18.7 Å². The smallest absolute Gasteiger partial charge is 0.308 e. The molecule has 0 fully saturated rings. The molecule has 7 heteroatoms. The molecule has 3 aromatic rings. The number of aromatic nitrogens is 1. The highest BCUT2D eigenvalue weighted by Crippen LogP contribution is 2.30. The third-order valence-electron chi connectivity index (χ3n) is 5.10. The summed E-state index contributed by atoms with van der Waals surface area (Å²) in [5.41, 5.74) is 4.38. The molecule has 0 aliphatic carbocycles. The predicted octanol–water partition coefficient (Wildman–Crippen LogP) is 4.74. The first-order chi connectivity index (χ1) is 14.6. The van der Waals surface area contributed by atoms with Crippen LogP contribution in [0.1, 0.15) is 25.1 Å². The Hall–Kier alpha value is -2.93. The molecule has 1 heterocycles. The first kappa shape index (κ1) is 22.7. The number of benzene rings is 2. The molecule has 3 rings (SSSR count). The minimum Gasteiger partial charge on any atom is -0.465 e. The van der Waals surface area contributed by atoms with Gasteiger partial charge in [0.2, 0.25) is 0 Å². The molecule has 0 bridgehead atoms. The number of hydrogen-bond donors (Lipinski definition) is 0. The third kappa shape index (κ3) is 5.22. The number of hydrogen-bond acceptors (Lipinski definition) is 4. The highest BCUT2D eigenvalue weighted by atomic mass is 32.2. The van der Waals surface area contributed by atoms with Crippen LogP contribution in [-0.4, -0.2) is 31.8 Å². The molecule has 164 valence electrons. The number of carbonyl (C=O) groups excluding carboxylic acids is 1. The van der Waals surface area contributed by atoms with Gasteiger partial charge in [-0.05, 0) is 60.5 Å². The Morgan fingerprint density at radius 1 is 1.06 bits per heavy atom. The molecule has 0 N–H and O–H groups in total. The van der Waals surface area contributed by atoms with Crippen LogP contribution in [0.25, 0.3) is 16.9 Å². The van der Waals surface area contributed by atoms with Gasteiger partial charge < -0.3 is 9.30 Å². The Morgan fingerprint density at radius 2 is 1.68 bits per heavy atom. The van der Waals surface area contributed by atoms with Crippen molar-refractivity contribution >= 4 is 15.8 Å². The van der Waals surface area contributed by atoms with Crippen molar-refractivity contribution in [2.24, 2.45) is 5.92 Å². The predicted molar refractivity (Wildman–Crippen MR) is 119 cm³/mol. The average Bonchev–Trinajstić information content (AvgIpc) is 3.04. The van der Waals surface area contributed by atoms with Crippen molar-refractivity contribution in [1.29, 1.82) is 0 Å². The van der Waals surface area contributed by atoms with E-state index in [1.165, 1.54) is 18.4 Å². The van der Waals surface area contributed by atoms with E-state index in [0.717, 1.165) is 28.2 Å². The van der Waals surface area contributed by atoms with E-state index in [1.54, 1.807) is 50.2 Å². The van der Waals surface area contributed by atoms with Gasteiger partial charge in [-0.25, -0.2) is 12.8 Å². The van der Waals surface area contributed by atoms with E-state index >= 15 is 0 Å². The van der Waals surface area contributed by atoms with Gasteiger partial charge in [-0.15, -0.1) is 0 Å². The normalized spacial score (nSPS) is 11.7. The summed E-state index contributed by atoms with van der Waals surface area (Å²) in [6.45, 7) is 5.79. The molecule has 0 atom stereocenters. The van der Waals surface area contributed by atoms with Crippen molar-refractivity contribution in [2.45, 2.75) is 32.1 Å². The molecule has 0 radical (unpaired) electrons. The molecule has 0 saturated heterocycles. The molecule has 0 amide bonds. The summed E-state index contributed by atoms with van der Waals surface area (Å²) in [6.07, 6.45) is 1.71. The van der Waals surface area contributed by atoms with E-state index in [1.807, 2.05) is 17.6 Å². The van der Waals surface area contributed by atoms with Crippen molar-refractivity contribution in [3.63, 3.8) is 0 Å². The fourth-order valence-electron chi connectivity index (χ4n) is 3.35. The van der Waals surface area contributed by atoms with E-state index in [2.05, 4.69) is 0 Å². The molecule has 5 nitrogen and oxygen atoms in total. The zero-order valence-electron chi connectivity index (χ0n) is 18.1. The maximum atomic E-state index is 13.5. The van der Waals surface area contributed by atoms with Crippen molar-refractivity contribution in [1.82, 2.24) is 4.57 Å². The van der Waals surface area contributed by atoms with Gasteiger partial charge in [0.15, 0.2) is 9.84 Å². The Labute approximate surface area is 182 Å². The summed E-state index contributed by atoms with van der Waals surface area (Å²) in [7, 11) is -3.30. The maximum absolute atomic E-state index is 13.5. The number of sulfone groups is 1. The minimum absolute atomic E-state index is 0.186. The first-order valence-electron chi connectivity index (χ1n) is 10.0. The van der Waals surface area contributed by atoms with Gasteiger partial charge in [0, 0.05) is 24.1 Å². The SMILES string of the molecule is Cc1c(CCOC(=O)C(C)C)cc(-c2ccc(S(C)(=O)=O)cc2)n1-c1ccc(F)cc1. The van der Waals surface area contributed by atoms with E-state index in [0.29, 0.717) is 6.42 Å². The number of esters is 1. The zero-order chi connectivity index (χ0) is 22.8.